The zero-order chi connectivity index (χ0) is 77.7. The summed E-state index contributed by atoms with van der Waals surface area (Å²) in [7, 11) is 0. The number of aromatic nitrogens is 4. The van der Waals surface area contributed by atoms with Gasteiger partial charge in [0.2, 0.25) is 11.8 Å². The Morgan fingerprint density at radius 1 is 0.406 bits per heavy atom. The van der Waals surface area contributed by atoms with E-state index in [0.29, 0.717) is 32.5 Å². The zero-order valence-corrected chi connectivity index (χ0v) is 66.9. The lowest BCUT2D eigenvalue weighted by atomic mass is 9.95. The Labute approximate surface area is 639 Å². The molecule has 0 fully saturated rings. The zero-order valence-electron chi connectivity index (χ0n) is 63.7. The molecule has 0 saturated heterocycles. The molecule has 4 unspecified atom stereocenters. The Kier molecular flexibility index (Phi) is 27.1. The van der Waals surface area contributed by atoms with Crippen molar-refractivity contribution in [2.45, 2.75) is 207 Å². The number of rotatable bonds is 23. The Morgan fingerprint density at radius 2 is 0.745 bits per heavy atom. The first-order valence-corrected chi connectivity index (χ1v) is 37.6. The van der Waals surface area contributed by atoms with Crippen molar-refractivity contribution in [2.75, 3.05) is 0 Å². The molecule has 0 aliphatic rings. The van der Waals surface area contributed by atoms with E-state index in [1.165, 1.54) is 22.7 Å². The van der Waals surface area contributed by atoms with Crippen molar-refractivity contribution < 1.29 is 52.8 Å². The van der Waals surface area contributed by atoms with Crippen molar-refractivity contribution in [3.05, 3.63) is 229 Å². The molecular formula is C84H99BrN8O11S2. The molecule has 0 radical (unpaired) electrons. The van der Waals surface area contributed by atoms with E-state index in [9.17, 15) is 33.9 Å². The second-order valence-electron chi connectivity index (χ2n) is 31.9. The molecule has 0 bridgehead atoms. The number of benzene rings is 5. The topological polar surface area (TPSA) is 259 Å². The van der Waals surface area contributed by atoms with E-state index in [0.717, 1.165) is 47.6 Å². The lowest BCUT2D eigenvalue weighted by Gasteiger charge is -2.35. The van der Waals surface area contributed by atoms with Gasteiger partial charge in [-0.1, -0.05) is 163 Å². The van der Waals surface area contributed by atoms with Gasteiger partial charge in [0.05, 0.1) is 25.4 Å². The SMILES string of the molecule is CC(C)(C)OC(=O)C(NC(=O)[C@H](Cc1ccc(-c2ncc(-c3ccc(O)cc3)cn2)cc1)NC(=O)c1ccc(C(C)(C)C)s1)C(OC(C)(C)C)c1ccccc1.CC(C)(C)OC(=O)C(NC(=O)[C@H](Cc1ccc(-c2ncc(Br)cn2)cc1)NC(=O)c1ccc(C(C)(C)C)s1)C(OC(C)(C)C)c1ccccc1. The molecule has 0 saturated carbocycles. The van der Waals surface area contributed by atoms with Crippen molar-refractivity contribution in [1.82, 2.24) is 41.2 Å². The number of carbonyl (C=O) groups excluding carboxylic acids is 6. The smallest absolute Gasteiger partial charge is 0.332 e. The Balaban J connectivity index is 0.000000269. The molecular weight excluding hydrogens is 1440 g/mol. The number of thiophene rings is 2. The molecule has 0 aliphatic heterocycles. The molecule has 4 aromatic heterocycles. The van der Waals surface area contributed by atoms with Crippen LogP contribution in [-0.4, -0.2) is 107 Å². The minimum atomic E-state index is -1.25. The number of amides is 4. The van der Waals surface area contributed by atoms with Crippen molar-refractivity contribution in [1.29, 1.82) is 0 Å². The molecule has 5 N–H and O–H groups in total. The average molecular weight is 1540 g/mol. The second kappa shape index (κ2) is 34.9. The predicted molar refractivity (Wildman–Crippen MR) is 421 cm³/mol. The van der Waals surface area contributed by atoms with Gasteiger partial charge in [0, 0.05) is 64.1 Å². The molecule has 6 atom stereocenters. The minimum Gasteiger partial charge on any atom is -0.508 e. The second-order valence-corrected chi connectivity index (χ2v) is 35.0. The summed E-state index contributed by atoms with van der Waals surface area (Å²) in [5.74, 6) is -1.98. The fraction of sp³-hybridized carbons (Fsp3) is 0.381. The molecule has 5 aromatic carbocycles. The summed E-state index contributed by atoms with van der Waals surface area (Å²) in [6.07, 6.45) is 5.27. The minimum absolute atomic E-state index is 0.118. The summed E-state index contributed by atoms with van der Waals surface area (Å²) >= 11 is 6.13. The lowest BCUT2D eigenvalue weighted by molar-refractivity contribution is -0.168. The number of carbonyl (C=O) groups is 6. The van der Waals surface area contributed by atoms with Gasteiger partial charge in [-0.05, 0) is 174 Å². The molecule has 9 aromatic rings. The fourth-order valence-electron chi connectivity index (χ4n) is 10.9. The van der Waals surface area contributed by atoms with Gasteiger partial charge < -0.3 is 45.3 Å². The summed E-state index contributed by atoms with van der Waals surface area (Å²) in [5, 5.41) is 21.4. The van der Waals surface area contributed by atoms with Crippen LogP contribution < -0.4 is 21.3 Å². The van der Waals surface area contributed by atoms with E-state index in [4.69, 9.17) is 18.9 Å². The van der Waals surface area contributed by atoms with Crippen LogP contribution in [0.3, 0.4) is 0 Å². The number of esters is 2. The summed E-state index contributed by atoms with van der Waals surface area (Å²) in [5.41, 5.74) is 2.82. The van der Waals surface area contributed by atoms with Crippen LogP contribution in [0.15, 0.2) is 187 Å². The lowest BCUT2D eigenvalue weighted by Crippen LogP contribution is -2.55. The standard InChI is InChI=1S/C45H52N4O6S.C39H47BrN4O5S/c1-43(2,3)36-24-23-35(56-36)41(52)48-34(25-28-15-17-31(18-16-28)39-46-26-32(27-47-39)29-19-21-33(50)22-20-29)40(51)49-37(42(53)55-45(7,8)9)38(54-44(4,5)6)30-13-11-10-12-14-30;1-37(2,3)30-20-19-29(50-30)35(46)43-28(21-24-15-17-26(18-16-24)33-41-22-27(40)23-42-33)34(45)44-31(36(47)49-39(7,8)9)32(48-38(4,5)6)25-13-11-10-12-14-25/h10-24,26-27,34,37-38,50H,25H2,1-9H3,(H,48,52)(H,49,51);10-20,22-23,28,31-32H,21H2,1-9H3,(H,43,46)(H,44,45)/t34-,37?,38?;28-,31?,32?/m00/s1. The van der Waals surface area contributed by atoms with Gasteiger partial charge in [-0.2, -0.15) is 0 Å². The molecule has 560 valence electrons. The van der Waals surface area contributed by atoms with Gasteiger partial charge in [0.1, 0.15) is 41.2 Å². The fourth-order valence-corrected chi connectivity index (χ4v) is 13.0. The molecule has 106 heavy (non-hydrogen) atoms. The first-order valence-electron chi connectivity index (χ1n) is 35.2. The number of aromatic hydroxyl groups is 1. The monoisotopic (exact) mass is 1540 g/mol. The van der Waals surface area contributed by atoms with E-state index < -0.39 is 88.4 Å². The Hall–Kier alpha value is -9.32. The normalized spacial score (nSPS) is 13.8. The highest BCUT2D eigenvalue weighted by atomic mass is 79.9. The molecule has 9 rings (SSSR count). The quantitative estimate of drug-likeness (QED) is 0.0373. The molecule has 19 nitrogen and oxygen atoms in total. The third-order valence-corrected chi connectivity index (χ3v) is 19.3. The number of hydrogen-bond donors (Lipinski definition) is 5. The third-order valence-electron chi connectivity index (χ3n) is 15.9. The van der Waals surface area contributed by atoms with Gasteiger partial charge in [-0.15, -0.1) is 22.7 Å². The van der Waals surface area contributed by atoms with Gasteiger partial charge in [-0.3, -0.25) is 19.2 Å². The maximum atomic E-state index is 14.5. The molecule has 4 amide bonds. The maximum absolute atomic E-state index is 14.5. The number of hydrogen-bond acceptors (Lipinski definition) is 17. The van der Waals surface area contributed by atoms with E-state index in [1.54, 1.807) is 103 Å². The van der Waals surface area contributed by atoms with Crippen molar-refractivity contribution in [2.24, 2.45) is 0 Å². The number of halogens is 1. The van der Waals surface area contributed by atoms with E-state index in [2.05, 4.69) is 98.7 Å². The van der Waals surface area contributed by atoms with Gasteiger partial charge in [-0.25, -0.2) is 29.5 Å². The highest BCUT2D eigenvalue weighted by Gasteiger charge is 2.42. The molecule has 4 heterocycles. The van der Waals surface area contributed by atoms with Gasteiger partial charge >= 0.3 is 11.9 Å². The summed E-state index contributed by atoms with van der Waals surface area (Å²) in [4.78, 5) is 105. The number of ether oxygens (including phenoxy) is 4. The van der Waals surface area contributed by atoms with Crippen LogP contribution in [0.4, 0.5) is 0 Å². The number of phenolic OH excluding ortho intramolecular Hbond substituents is 1. The predicted octanol–water partition coefficient (Wildman–Crippen LogP) is 16.6. The Bertz CT molecular complexity index is 4420. The first-order chi connectivity index (χ1) is 49.5. The van der Waals surface area contributed by atoms with Gasteiger partial charge in [0.25, 0.3) is 11.8 Å². The van der Waals surface area contributed by atoms with Crippen LogP contribution >= 0.6 is 38.6 Å². The van der Waals surface area contributed by atoms with Crippen LogP contribution in [0.2, 0.25) is 0 Å². The Morgan fingerprint density at radius 3 is 1.07 bits per heavy atom. The van der Waals surface area contributed by atoms with Crippen LogP contribution in [0, 0.1) is 0 Å². The number of nitrogens with zero attached hydrogens (tertiary/aromatic N) is 4. The first kappa shape index (κ1) is 82.3. The summed E-state index contributed by atoms with van der Waals surface area (Å²) < 4.78 is 25.4. The van der Waals surface area contributed by atoms with Crippen molar-refractivity contribution in [3.8, 4) is 39.7 Å². The highest BCUT2D eigenvalue weighted by Crippen LogP contribution is 2.35. The van der Waals surface area contributed by atoms with Crippen molar-refractivity contribution >= 4 is 74.2 Å². The largest absolute Gasteiger partial charge is 0.508 e. The average Bonchev–Trinajstić information content (AvgIpc) is 1.81. The van der Waals surface area contributed by atoms with Gasteiger partial charge in [0.15, 0.2) is 23.7 Å². The van der Waals surface area contributed by atoms with Crippen LogP contribution in [0.1, 0.15) is 188 Å². The van der Waals surface area contributed by atoms with Crippen LogP contribution in [0.25, 0.3) is 33.9 Å². The van der Waals surface area contributed by atoms with E-state index in [-0.39, 0.29) is 35.3 Å². The molecule has 0 spiro atoms. The summed E-state index contributed by atoms with van der Waals surface area (Å²) in [6.45, 7) is 34.4. The van der Waals surface area contributed by atoms with Crippen LogP contribution in [0.5, 0.6) is 5.75 Å². The van der Waals surface area contributed by atoms with Crippen molar-refractivity contribution in [3.63, 3.8) is 0 Å². The van der Waals surface area contributed by atoms with Crippen LogP contribution in [-0.2, 0) is 61.8 Å². The number of phenols is 1. The van der Waals surface area contributed by atoms with E-state index in [1.807, 2.05) is 163 Å². The number of nitrogens with one attached hydrogen (secondary N) is 4. The molecule has 22 heteroatoms. The molecule has 0 aliphatic carbocycles. The maximum Gasteiger partial charge on any atom is 0.332 e. The highest BCUT2D eigenvalue weighted by molar-refractivity contribution is 9.10. The third kappa shape index (κ3) is 24.9. The summed E-state index contributed by atoms with van der Waals surface area (Å²) in [6, 6.07) is 43.1. The van der Waals surface area contributed by atoms with E-state index >= 15 is 0 Å².